The van der Waals surface area contributed by atoms with Crippen LogP contribution in [0.3, 0.4) is 0 Å². The SMILES string of the molecule is FC(F)(F)CC[C@H](N1CCNCC1)C(F)(F)F. The molecule has 1 aliphatic rings. The Kier molecular flexibility index (Phi) is 4.65. The fraction of sp³-hybridized carbons (Fsp3) is 1.00. The number of hydrogen-bond donors (Lipinski definition) is 1. The summed E-state index contributed by atoms with van der Waals surface area (Å²) in [4.78, 5) is 1.07. The summed E-state index contributed by atoms with van der Waals surface area (Å²) in [7, 11) is 0. The van der Waals surface area contributed by atoms with Crippen LogP contribution >= 0.6 is 0 Å². The van der Waals surface area contributed by atoms with Gasteiger partial charge in [-0.05, 0) is 6.42 Å². The molecule has 102 valence electrons. The zero-order chi connectivity index (χ0) is 13.1. The average molecular weight is 264 g/mol. The second-order valence-electron chi connectivity index (χ2n) is 4.00. The summed E-state index contributed by atoms with van der Waals surface area (Å²) in [5.41, 5.74) is 0. The van der Waals surface area contributed by atoms with Crippen LogP contribution < -0.4 is 5.32 Å². The van der Waals surface area contributed by atoms with Crippen molar-refractivity contribution in [1.82, 2.24) is 10.2 Å². The highest BCUT2D eigenvalue weighted by atomic mass is 19.4. The third-order valence-electron chi connectivity index (χ3n) is 2.67. The van der Waals surface area contributed by atoms with Crippen LogP contribution in [0.4, 0.5) is 26.3 Å². The molecule has 8 heteroatoms. The fourth-order valence-corrected chi connectivity index (χ4v) is 1.85. The molecule has 1 saturated heterocycles. The maximum Gasteiger partial charge on any atom is 0.404 e. The molecule has 2 nitrogen and oxygen atoms in total. The molecule has 0 saturated carbocycles. The normalized spacial score (nSPS) is 21.5. The molecule has 0 amide bonds. The predicted octanol–water partition coefficient (Wildman–Crippen LogP) is 2.16. The van der Waals surface area contributed by atoms with Crippen molar-refractivity contribution in [3.63, 3.8) is 0 Å². The molecule has 0 radical (unpaired) electrons. The Balaban J connectivity index is 2.60. The molecule has 0 aromatic heterocycles. The molecule has 0 aromatic rings. The molecule has 0 spiro atoms. The van der Waals surface area contributed by atoms with Gasteiger partial charge >= 0.3 is 12.4 Å². The summed E-state index contributed by atoms with van der Waals surface area (Å²) < 4.78 is 73.9. The lowest BCUT2D eigenvalue weighted by Crippen LogP contribution is -2.53. The van der Waals surface area contributed by atoms with Crippen LogP contribution in [0.15, 0.2) is 0 Å². The van der Waals surface area contributed by atoms with Crippen LogP contribution in [0.5, 0.6) is 0 Å². The van der Waals surface area contributed by atoms with E-state index in [-0.39, 0.29) is 13.1 Å². The smallest absolute Gasteiger partial charge is 0.314 e. The molecule has 1 atom stereocenters. The molecule has 0 aromatic carbocycles. The second kappa shape index (κ2) is 5.43. The number of nitrogens with one attached hydrogen (secondary N) is 1. The second-order valence-corrected chi connectivity index (χ2v) is 4.00. The Labute approximate surface area is 95.0 Å². The van der Waals surface area contributed by atoms with Crippen LogP contribution in [0.2, 0.25) is 0 Å². The van der Waals surface area contributed by atoms with Crippen molar-refractivity contribution in [1.29, 1.82) is 0 Å². The average Bonchev–Trinajstić information content (AvgIpc) is 2.15. The van der Waals surface area contributed by atoms with Gasteiger partial charge in [-0.3, -0.25) is 4.90 Å². The van der Waals surface area contributed by atoms with E-state index in [9.17, 15) is 26.3 Å². The van der Waals surface area contributed by atoms with Crippen molar-refractivity contribution in [3.05, 3.63) is 0 Å². The number of piperazine rings is 1. The summed E-state index contributed by atoms with van der Waals surface area (Å²) in [6, 6.07) is -1.99. The van der Waals surface area contributed by atoms with Gasteiger partial charge in [0.25, 0.3) is 0 Å². The van der Waals surface area contributed by atoms with E-state index in [0.717, 1.165) is 4.90 Å². The first kappa shape index (κ1) is 14.6. The molecule has 17 heavy (non-hydrogen) atoms. The largest absolute Gasteiger partial charge is 0.404 e. The molecule has 1 heterocycles. The van der Waals surface area contributed by atoms with E-state index in [2.05, 4.69) is 5.32 Å². The van der Waals surface area contributed by atoms with Crippen molar-refractivity contribution in [2.24, 2.45) is 0 Å². The minimum absolute atomic E-state index is 0.127. The van der Waals surface area contributed by atoms with E-state index < -0.39 is 31.2 Å². The van der Waals surface area contributed by atoms with Gasteiger partial charge in [0, 0.05) is 32.6 Å². The lowest BCUT2D eigenvalue weighted by Gasteiger charge is -2.36. The minimum Gasteiger partial charge on any atom is -0.314 e. The molecule has 0 bridgehead atoms. The minimum atomic E-state index is -4.61. The number of alkyl halides is 6. The van der Waals surface area contributed by atoms with Gasteiger partial charge < -0.3 is 5.32 Å². The van der Waals surface area contributed by atoms with Gasteiger partial charge in [-0.1, -0.05) is 0 Å². The lowest BCUT2D eigenvalue weighted by molar-refractivity contribution is -0.198. The topological polar surface area (TPSA) is 15.3 Å². The van der Waals surface area contributed by atoms with Gasteiger partial charge in [-0.15, -0.1) is 0 Å². The van der Waals surface area contributed by atoms with E-state index >= 15 is 0 Å². The van der Waals surface area contributed by atoms with Crippen LogP contribution in [0.1, 0.15) is 12.8 Å². The highest BCUT2D eigenvalue weighted by Crippen LogP contribution is 2.32. The molecular formula is C9H14F6N2. The Morgan fingerprint density at radius 1 is 1.00 bits per heavy atom. The van der Waals surface area contributed by atoms with Gasteiger partial charge in [0.2, 0.25) is 0 Å². The Morgan fingerprint density at radius 2 is 1.53 bits per heavy atom. The maximum atomic E-state index is 12.7. The van der Waals surface area contributed by atoms with Crippen molar-refractivity contribution in [2.45, 2.75) is 31.2 Å². The molecule has 0 unspecified atom stereocenters. The van der Waals surface area contributed by atoms with E-state index in [1.54, 1.807) is 0 Å². The van der Waals surface area contributed by atoms with Gasteiger partial charge in [-0.25, -0.2) is 0 Å². The summed E-state index contributed by atoms with van der Waals surface area (Å²) in [6.07, 6.45) is -11.5. The Bertz CT molecular complexity index is 231. The van der Waals surface area contributed by atoms with Gasteiger partial charge in [-0.2, -0.15) is 26.3 Å². The van der Waals surface area contributed by atoms with Crippen LogP contribution in [-0.2, 0) is 0 Å². The predicted molar refractivity (Wildman–Crippen MR) is 49.6 cm³/mol. The summed E-state index contributed by atoms with van der Waals surface area (Å²) in [6.45, 7) is 1.00. The number of halogens is 6. The Morgan fingerprint density at radius 3 is 1.94 bits per heavy atom. The van der Waals surface area contributed by atoms with Crippen molar-refractivity contribution in [3.8, 4) is 0 Å². The summed E-state index contributed by atoms with van der Waals surface area (Å²) in [5, 5.41) is 2.86. The van der Waals surface area contributed by atoms with Crippen molar-refractivity contribution >= 4 is 0 Å². The third kappa shape index (κ3) is 5.12. The van der Waals surface area contributed by atoms with E-state index in [4.69, 9.17) is 0 Å². The summed E-state index contributed by atoms with van der Waals surface area (Å²) >= 11 is 0. The summed E-state index contributed by atoms with van der Waals surface area (Å²) in [5.74, 6) is 0. The van der Waals surface area contributed by atoms with E-state index in [1.165, 1.54) is 0 Å². The quantitative estimate of drug-likeness (QED) is 0.786. The molecule has 1 N–H and O–H groups in total. The standard InChI is InChI=1S/C9H14F6N2/c10-8(11,12)2-1-7(9(13,14)15)17-5-3-16-4-6-17/h7,16H,1-6H2/t7-/m0/s1. The van der Waals surface area contributed by atoms with E-state index in [1.807, 2.05) is 0 Å². The van der Waals surface area contributed by atoms with Gasteiger partial charge in [0.05, 0.1) is 0 Å². The first-order valence-corrected chi connectivity index (χ1v) is 5.28. The monoisotopic (exact) mass is 264 g/mol. The molecule has 1 aliphatic heterocycles. The van der Waals surface area contributed by atoms with Crippen molar-refractivity contribution in [2.75, 3.05) is 26.2 Å². The fourth-order valence-electron chi connectivity index (χ4n) is 1.85. The maximum absolute atomic E-state index is 12.7. The first-order valence-electron chi connectivity index (χ1n) is 5.28. The highest BCUT2D eigenvalue weighted by Gasteiger charge is 2.45. The lowest BCUT2D eigenvalue weighted by atomic mass is 10.1. The number of rotatable bonds is 3. The van der Waals surface area contributed by atoms with Crippen LogP contribution in [0.25, 0.3) is 0 Å². The number of nitrogens with zero attached hydrogens (tertiary/aromatic N) is 1. The highest BCUT2D eigenvalue weighted by molar-refractivity contribution is 4.82. The molecular weight excluding hydrogens is 250 g/mol. The zero-order valence-corrected chi connectivity index (χ0v) is 9.03. The molecule has 1 fully saturated rings. The van der Waals surface area contributed by atoms with Crippen LogP contribution in [0, 0.1) is 0 Å². The first-order chi connectivity index (χ1) is 7.70. The zero-order valence-electron chi connectivity index (χ0n) is 9.03. The van der Waals surface area contributed by atoms with E-state index in [0.29, 0.717) is 13.1 Å². The van der Waals surface area contributed by atoms with Crippen LogP contribution in [-0.4, -0.2) is 49.5 Å². The number of hydrogen-bond acceptors (Lipinski definition) is 2. The third-order valence-corrected chi connectivity index (χ3v) is 2.67. The Hall–Kier alpha value is -0.500. The van der Waals surface area contributed by atoms with Gasteiger partial charge in [0.1, 0.15) is 6.04 Å². The van der Waals surface area contributed by atoms with Crippen molar-refractivity contribution < 1.29 is 26.3 Å². The van der Waals surface area contributed by atoms with Gasteiger partial charge in [0.15, 0.2) is 0 Å². The molecule has 0 aliphatic carbocycles. The molecule has 1 rings (SSSR count).